The number of hydrogen-bond donors (Lipinski definition) is 1. The number of rotatable bonds is 4. The molecule has 1 aromatic heterocycles. The van der Waals surface area contributed by atoms with Gasteiger partial charge in [-0.15, -0.1) is 0 Å². The smallest absolute Gasteiger partial charge is 0.344 e. The maximum atomic E-state index is 12.3. The van der Waals surface area contributed by atoms with Crippen molar-refractivity contribution in [2.45, 2.75) is 6.92 Å². The molecule has 1 aliphatic heterocycles. The Labute approximate surface area is 153 Å². The van der Waals surface area contributed by atoms with Gasteiger partial charge in [-0.3, -0.25) is 0 Å². The van der Waals surface area contributed by atoms with E-state index in [0.29, 0.717) is 26.4 Å². The van der Waals surface area contributed by atoms with Crippen LogP contribution in [-0.2, 0) is 9.53 Å². The number of hydrogen-bond acceptors (Lipinski definition) is 6. The lowest BCUT2D eigenvalue weighted by Crippen LogP contribution is -2.12. The molecule has 5 nitrogen and oxygen atoms in total. The van der Waals surface area contributed by atoms with Crippen LogP contribution in [-0.4, -0.2) is 22.7 Å². The van der Waals surface area contributed by atoms with Crippen LogP contribution in [0.25, 0.3) is 6.08 Å². The van der Waals surface area contributed by atoms with Gasteiger partial charge in [0.05, 0.1) is 23.5 Å². The third-order valence-electron chi connectivity index (χ3n) is 3.23. The predicted octanol–water partition coefficient (Wildman–Crippen LogP) is 5.13. The minimum absolute atomic E-state index is 0.0321. The van der Waals surface area contributed by atoms with Crippen molar-refractivity contribution < 1.29 is 19.1 Å². The van der Waals surface area contributed by atoms with E-state index in [-0.39, 0.29) is 17.9 Å². The molecule has 0 saturated heterocycles. The highest BCUT2D eigenvalue weighted by Crippen LogP contribution is 2.40. The zero-order chi connectivity index (χ0) is 17.8. The van der Waals surface area contributed by atoms with E-state index >= 15 is 0 Å². The quantitative estimate of drug-likeness (QED) is 0.750. The number of ether oxygens (including phenoxy) is 1. The maximum Gasteiger partial charge on any atom is 0.344 e. The summed E-state index contributed by atoms with van der Waals surface area (Å²) in [5.41, 5.74) is 0.605. The minimum atomic E-state index is -0.629. The molecule has 0 radical (unpaired) electrons. The van der Waals surface area contributed by atoms with E-state index in [2.05, 4.69) is 4.99 Å². The molecule has 0 atom stereocenters. The van der Waals surface area contributed by atoms with Crippen LogP contribution in [0.2, 0.25) is 5.02 Å². The van der Waals surface area contributed by atoms with Gasteiger partial charge >= 0.3 is 5.97 Å². The standard InChI is InChI=1S/C18H14ClNO4S/c1-2-23-18(22)15-16(21)14(10-13-7-4-8-24-13)25-17(15)20-12-6-3-5-11(19)9-12/h3-10,21H,2H2,1H3. The molecule has 7 heteroatoms. The summed E-state index contributed by atoms with van der Waals surface area (Å²) in [6, 6.07) is 10.4. The van der Waals surface area contributed by atoms with Crippen molar-refractivity contribution in [3.8, 4) is 0 Å². The number of thioether (sulfide) groups is 1. The Balaban J connectivity index is 2.04. The molecule has 2 heterocycles. The van der Waals surface area contributed by atoms with Gasteiger partial charge in [0, 0.05) is 5.02 Å². The van der Waals surface area contributed by atoms with Crippen molar-refractivity contribution in [1.29, 1.82) is 0 Å². The van der Waals surface area contributed by atoms with Gasteiger partial charge in [-0.1, -0.05) is 29.4 Å². The molecule has 1 aliphatic rings. The first-order chi connectivity index (χ1) is 12.1. The molecule has 2 aromatic rings. The Morgan fingerprint density at radius 1 is 1.40 bits per heavy atom. The number of benzene rings is 1. The Morgan fingerprint density at radius 2 is 2.24 bits per heavy atom. The average molecular weight is 376 g/mol. The molecule has 0 fully saturated rings. The number of furan rings is 1. The molecule has 3 rings (SSSR count). The molecule has 0 spiro atoms. The van der Waals surface area contributed by atoms with Crippen LogP contribution in [0.5, 0.6) is 0 Å². The highest BCUT2D eigenvalue weighted by atomic mass is 35.5. The lowest BCUT2D eigenvalue weighted by Gasteiger charge is -2.04. The number of esters is 1. The summed E-state index contributed by atoms with van der Waals surface area (Å²) < 4.78 is 10.3. The second-order valence-electron chi connectivity index (χ2n) is 4.97. The van der Waals surface area contributed by atoms with E-state index in [0.717, 1.165) is 11.8 Å². The van der Waals surface area contributed by atoms with Gasteiger partial charge in [0.2, 0.25) is 0 Å². The Bertz CT molecular complexity index is 884. The van der Waals surface area contributed by atoms with Crippen LogP contribution in [0, 0.1) is 0 Å². The number of aliphatic imine (C=N–C) groups is 1. The van der Waals surface area contributed by atoms with Crippen molar-refractivity contribution in [2.24, 2.45) is 4.99 Å². The molecule has 0 saturated carbocycles. The Hall–Kier alpha value is -2.44. The van der Waals surface area contributed by atoms with Gasteiger partial charge in [-0.05, 0) is 43.3 Å². The summed E-state index contributed by atoms with van der Waals surface area (Å²) in [5.74, 6) is -0.252. The summed E-state index contributed by atoms with van der Waals surface area (Å²) in [7, 11) is 0. The van der Waals surface area contributed by atoms with Gasteiger partial charge in [-0.25, -0.2) is 9.79 Å². The number of halogens is 1. The highest BCUT2D eigenvalue weighted by Gasteiger charge is 2.33. The number of nitrogens with zero attached hydrogens (tertiary/aromatic N) is 1. The summed E-state index contributed by atoms with van der Waals surface area (Å²) in [5, 5.41) is 11.4. The zero-order valence-electron chi connectivity index (χ0n) is 13.2. The van der Waals surface area contributed by atoms with Crippen molar-refractivity contribution >= 4 is 46.1 Å². The lowest BCUT2D eigenvalue weighted by molar-refractivity contribution is -0.138. The number of carbonyl (C=O) groups excluding carboxylic acids is 1. The zero-order valence-corrected chi connectivity index (χ0v) is 14.8. The number of aliphatic hydroxyl groups excluding tert-OH is 1. The van der Waals surface area contributed by atoms with Crippen molar-refractivity contribution in [3.63, 3.8) is 0 Å². The molecule has 0 amide bonds. The highest BCUT2D eigenvalue weighted by molar-refractivity contribution is 8.18. The summed E-state index contributed by atoms with van der Waals surface area (Å²) >= 11 is 7.14. The second kappa shape index (κ2) is 7.63. The number of aliphatic hydroxyl groups is 1. The monoisotopic (exact) mass is 375 g/mol. The molecule has 0 bridgehead atoms. The topological polar surface area (TPSA) is 72.0 Å². The van der Waals surface area contributed by atoms with Crippen molar-refractivity contribution in [3.05, 3.63) is 69.7 Å². The van der Waals surface area contributed by atoms with Crippen LogP contribution < -0.4 is 0 Å². The summed E-state index contributed by atoms with van der Waals surface area (Å²) in [4.78, 5) is 17.2. The van der Waals surface area contributed by atoms with E-state index in [1.54, 1.807) is 49.4 Å². The first kappa shape index (κ1) is 17.4. The van der Waals surface area contributed by atoms with Crippen LogP contribution in [0.4, 0.5) is 5.69 Å². The van der Waals surface area contributed by atoms with Gasteiger partial charge in [-0.2, -0.15) is 0 Å². The normalized spacial score (nSPS) is 17.5. The van der Waals surface area contributed by atoms with Gasteiger partial charge in [0.15, 0.2) is 0 Å². The largest absolute Gasteiger partial charge is 0.506 e. The van der Waals surface area contributed by atoms with E-state index in [1.807, 2.05) is 0 Å². The Kier molecular flexibility index (Phi) is 5.31. The summed E-state index contributed by atoms with van der Waals surface area (Å²) in [6.45, 7) is 1.90. The maximum absolute atomic E-state index is 12.3. The fourth-order valence-electron chi connectivity index (χ4n) is 2.16. The molecular weight excluding hydrogens is 362 g/mol. The van der Waals surface area contributed by atoms with Crippen LogP contribution in [0.15, 0.2) is 68.3 Å². The Morgan fingerprint density at radius 3 is 2.92 bits per heavy atom. The summed E-state index contributed by atoms with van der Waals surface area (Å²) in [6.07, 6.45) is 3.17. The van der Waals surface area contributed by atoms with Crippen LogP contribution >= 0.6 is 23.4 Å². The van der Waals surface area contributed by atoms with Gasteiger partial charge in [0.1, 0.15) is 22.1 Å². The fourth-order valence-corrected chi connectivity index (χ4v) is 3.36. The fraction of sp³-hybridized carbons (Fsp3) is 0.111. The third kappa shape index (κ3) is 3.97. The van der Waals surface area contributed by atoms with Crippen molar-refractivity contribution in [1.82, 2.24) is 0 Å². The van der Waals surface area contributed by atoms with Gasteiger partial charge in [0.25, 0.3) is 0 Å². The van der Waals surface area contributed by atoms with E-state index in [1.165, 1.54) is 6.26 Å². The molecule has 128 valence electrons. The molecule has 25 heavy (non-hydrogen) atoms. The van der Waals surface area contributed by atoms with Gasteiger partial charge < -0.3 is 14.3 Å². The van der Waals surface area contributed by atoms with E-state index < -0.39 is 5.97 Å². The third-order valence-corrected chi connectivity index (χ3v) is 4.48. The molecule has 0 unspecified atom stereocenters. The minimum Gasteiger partial charge on any atom is -0.506 e. The van der Waals surface area contributed by atoms with E-state index in [9.17, 15) is 9.90 Å². The molecule has 1 N–H and O–H groups in total. The van der Waals surface area contributed by atoms with Crippen molar-refractivity contribution in [2.75, 3.05) is 6.61 Å². The average Bonchev–Trinajstić information content (AvgIpc) is 3.17. The second-order valence-corrected chi connectivity index (χ2v) is 6.43. The molecule has 0 aliphatic carbocycles. The first-order valence-corrected chi connectivity index (χ1v) is 8.66. The van der Waals surface area contributed by atoms with Crippen LogP contribution in [0.1, 0.15) is 12.7 Å². The van der Waals surface area contributed by atoms with E-state index in [4.69, 9.17) is 20.8 Å². The lowest BCUT2D eigenvalue weighted by atomic mass is 10.2. The first-order valence-electron chi connectivity index (χ1n) is 7.47. The molecule has 1 aromatic carbocycles. The SMILES string of the molecule is CCOC(=O)C1=C(O)C(=Cc2ccco2)SC1=Nc1cccc(Cl)c1. The van der Waals surface area contributed by atoms with Crippen LogP contribution in [0.3, 0.4) is 0 Å². The molecular formula is C18H14ClNO4S. The predicted molar refractivity (Wildman–Crippen MR) is 99.1 cm³/mol. The number of carbonyl (C=O) groups is 1.